The Morgan fingerprint density at radius 3 is 2.65 bits per heavy atom. The molecule has 0 bridgehead atoms. The van der Waals surface area contributed by atoms with Crippen LogP contribution in [0.1, 0.15) is 56.9 Å². The Balaban J connectivity index is 1.74. The summed E-state index contributed by atoms with van der Waals surface area (Å²) in [6.07, 6.45) is 8.01. The number of H-pyrrole nitrogens is 1. The molecular formula is C25H30Cl2N4O3. The highest BCUT2D eigenvalue weighted by Crippen LogP contribution is 2.31. The summed E-state index contributed by atoms with van der Waals surface area (Å²) in [6.45, 7) is 6.60. The number of aromatic amines is 1. The average Bonchev–Trinajstić information content (AvgIpc) is 3.21. The molecule has 1 aliphatic rings. The number of carbonyl (C=O) groups is 3. The molecule has 9 heteroatoms. The van der Waals surface area contributed by atoms with Crippen LogP contribution in [0.2, 0.25) is 10.0 Å². The van der Waals surface area contributed by atoms with Gasteiger partial charge in [0.1, 0.15) is 11.7 Å². The van der Waals surface area contributed by atoms with E-state index in [2.05, 4.69) is 26.9 Å². The molecule has 1 saturated heterocycles. The zero-order valence-corrected chi connectivity index (χ0v) is 21.1. The number of amides is 3. The van der Waals surface area contributed by atoms with Crippen LogP contribution in [-0.2, 0) is 9.59 Å². The van der Waals surface area contributed by atoms with E-state index in [0.717, 1.165) is 18.2 Å². The van der Waals surface area contributed by atoms with Gasteiger partial charge < -0.3 is 20.9 Å². The number of fused-ring (bicyclic) bond motifs is 1. The van der Waals surface area contributed by atoms with E-state index < -0.39 is 18.0 Å². The van der Waals surface area contributed by atoms with Gasteiger partial charge in [0, 0.05) is 17.8 Å². The number of piperidine rings is 1. The minimum atomic E-state index is -0.825. The summed E-state index contributed by atoms with van der Waals surface area (Å²) in [6, 6.07) is 3.63. The second kappa shape index (κ2) is 10.7. The zero-order chi connectivity index (χ0) is 25.0. The highest BCUT2D eigenvalue weighted by atomic mass is 35.5. The smallest absolute Gasteiger partial charge is 0.268 e. The Kier molecular flexibility index (Phi) is 8.17. The molecule has 1 aliphatic heterocycles. The van der Waals surface area contributed by atoms with Crippen molar-refractivity contribution in [3.63, 3.8) is 0 Å². The second-order valence-corrected chi connectivity index (χ2v) is 10.7. The van der Waals surface area contributed by atoms with E-state index >= 15 is 0 Å². The molecule has 0 spiro atoms. The van der Waals surface area contributed by atoms with Gasteiger partial charge in [-0.1, -0.05) is 56.0 Å². The van der Waals surface area contributed by atoms with Crippen LogP contribution in [0.25, 0.3) is 10.9 Å². The quantitative estimate of drug-likeness (QED) is 0.427. The number of hydrogen-bond acceptors (Lipinski definition) is 3. The summed E-state index contributed by atoms with van der Waals surface area (Å²) in [5.74, 6) is 1.45. The molecule has 2 aromatic rings. The Bertz CT molecular complexity index is 1130. The summed E-state index contributed by atoms with van der Waals surface area (Å²) >= 11 is 12.3. The minimum Gasteiger partial charge on any atom is -0.356 e. The summed E-state index contributed by atoms with van der Waals surface area (Å²) < 4.78 is 0. The minimum absolute atomic E-state index is 0.0436. The zero-order valence-electron chi connectivity index (χ0n) is 19.6. The van der Waals surface area contributed by atoms with Crippen molar-refractivity contribution in [2.75, 3.05) is 6.54 Å². The van der Waals surface area contributed by atoms with Crippen LogP contribution in [0.4, 0.5) is 0 Å². The van der Waals surface area contributed by atoms with Crippen molar-refractivity contribution in [2.45, 2.75) is 58.5 Å². The standard InChI is InChI=1S/C25H30Cl2N4O3/c1-5-16(11-15-7-6-10-28-22(15)32)29-24(34)19(13-25(2,3)4)31-23(33)18-12-14-8-9-17(26)20(27)21(14)30-18/h1,8-9,12,15-16,19,30H,6-7,10-11,13H2,2-4H3,(H,28,32)(H,29,34)(H,31,33). The van der Waals surface area contributed by atoms with Crippen LogP contribution in [0, 0.1) is 23.7 Å². The normalized spacial score (nSPS) is 18.0. The lowest BCUT2D eigenvalue weighted by molar-refractivity contribution is -0.128. The second-order valence-electron chi connectivity index (χ2n) is 9.89. The number of halogens is 2. The predicted molar refractivity (Wildman–Crippen MR) is 135 cm³/mol. The van der Waals surface area contributed by atoms with E-state index in [1.54, 1.807) is 18.2 Å². The number of benzene rings is 1. The van der Waals surface area contributed by atoms with Crippen LogP contribution in [0.5, 0.6) is 0 Å². The van der Waals surface area contributed by atoms with Crippen molar-refractivity contribution in [3.8, 4) is 12.3 Å². The van der Waals surface area contributed by atoms with Crippen molar-refractivity contribution in [2.24, 2.45) is 11.3 Å². The number of terminal acetylenes is 1. The number of nitrogens with one attached hydrogen (secondary N) is 4. The fourth-order valence-corrected chi connectivity index (χ4v) is 4.48. The lowest BCUT2D eigenvalue weighted by Crippen LogP contribution is -2.51. The maximum Gasteiger partial charge on any atom is 0.268 e. The summed E-state index contributed by atoms with van der Waals surface area (Å²) in [5, 5.41) is 9.92. The first-order valence-corrected chi connectivity index (χ1v) is 12.1. The molecule has 3 rings (SSSR count). The molecular weight excluding hydrogens is 475 g/mol. The van der Waals surface area contributed by atoms with Crippen molar-refractivity contribution in [1.29, 1.82) is 0 Å². The highest BCUT2D eigenvalue weighted by Gasteiger charge is 2.30. The number of carbonyl (C=O) groups excluding carboxylic acids is 3. The molecule has 3 unspecified atom stereocenters. The number of aromatic nitrogens is 1. The van der Waals surface area contributed by atoms with Crippen LogP contribution in [-0.4, -0.2) is 41.3 Å². The largest absolute Gasteiger partial charge is 0.356 e. The Morgan fingerprint density at radius 2 is 2.00 bits per heavy atom. The fraction of sp³-hybridized carbons (Fsp3) is 0.480. The van der Waals surface area contributed by atoms with Gasteiger partial charge in [0.25, 0.3) is 5.91 Å². The van der Waals surface area contributed by atoms with E-state index in [0.29, 0.717) is 34.9 Å². The molecule has 0 radical (unpaired) electrons. The molecule has 0 aliphatic carbocycles. The third-order valence-corrected chi connectivity index (χ3v) is 6.61. The van der Waals surface area contributed by atoms with E-state index in [4.69, 9.17) is 29.6 Å². The third kappa shape index (κ3) is 6.46. The SMILES string of the molecule is C#CC(CC1CCCNC1=O)NC(=O)C(CC(C)(C)C)NC(=O)c1cc2ccc(Cl)c(Cl)c2[nH]1. The van der Waals surface area contributed by atoms with Gasteiger partial charge in [0.15, 0.2) is 0 Å². The van der Waals surface area contributed by atoms with Crippen LogP contribution in [0.3, 0.4) is 0 Å². The first kappa shape index (κ1) is 25.9. The lowest BCUT2D eigenvalue weighted by atomic mass is 9.87. The molecule has 4 N–H and O–H groups in total. The van der Waals surface area contributed by atoms with Crippen molar-refractivity contribution in [3.05, 3.63) is 33.9 Å². The van der Waals surface area contributed by atoms with Gasteiger partial charge in [-0.25, -0.2) is 0 Å². The van der Waals surface area contributed by atoms with Gasteiger partial charge in [-0.2, -0.15) is 0 Å². The van der Waals surface area contributed by atoms with E-state index in [1.807, 2.05) is 20.8 Å². The average molecular weight is 505 g/mol. The summed E-state index contributed by atoms with van der Waals surface area (Å²) in [4.78, 5) is 41.3. The topological polar surface area (TPSA) is 103 Å². The molecule has 2 heterocycles. The first-order chi connectivity index (χ1) is 16.0. The Hall–Kier alpha value is -2.69. The van der Waals surface area contributed by atoms with Gasteiger partial charge in [0.05, 0.1) is 21.6 Å². The molecule has 1 aromatic carbocycles. The molecule has 182 valence electrons. The summed E-state index contributed by atoms with van der Waals surface area (Å²) in [7, 11) is 0. The van der Waals surface area contributed by atoms with E-state index in [1.165, 1.54) is 0 Å². The highest BCUT2D eigenvalue weighted by molar-refractivity contribution is 6.45. The summed E-state index contributed by atoms with van der Waals surface area (Å²) in [5.41, 5.74) is 0.564. The maximum atomic E-state index is 13.2. The maximum absolute atomic E-state index is 13.2. The Labute approximate surface area is 209 Å². The van der Waals surface area contributed by atoms with Crippen LogP contribution < -0.4 is 16.0 Å². The Morgan fingerprint density at radius 1 is 1.26 bits per heavy atom. The molecule has 1 aromatic heterocycles. The molecule has 3 amide bonds. The lowest BCUT2D eigenvalue weighted by Gasteiger charge is -2.28. The van der Waals surface area contributed by atoms with Gasteiger partial charge >= 0.3 is 0 Å². The van der Waals surface area contributed by atoms with Crippen LogP contribution in [0.15, 0.2) is 18.2 Å². The van der Waals surface area contributed by atoms with E-state index in [-0.39, 0.29) is 28.8 Å². The molecule has 34 heavy (non-hydrogen) atoms. The van der Waals surface area contributed by atoms with Crippen molar-refractivity contribution >= 4 is 51.8 Å². The van der Waals surface area contributed by atoms with E-state index in [9.17, 15) is 14.4 Å². The third-order valence-electron chi connectivity index (χ3n) is 5.81. The first-order valence-electron chi connectivity index (χ1n) is 11.3. The molecule has 0 saturated carbocycles. The van der Waals surface area contributed by atoms with Gasteiger partial charge in [-0.3, -0.25) is 14.4 Å². The van der Waals surface area contributed by atoms with Crippen molar-refractivity contribution in [1.82, 2.24) is 20.9 Å². The number of rotatable bonds is 7. The van der Waals surface area contributed by atoms with Crippen LogP contribution >= 0.6 is 23.2 Å². The van der Waals surface area contributed by atoms with Gasteiger partial charge in [-0.05, 0) is 43.2 Å². The monoisotopic (exact) mass is 504 g/mol. The van der Waals surface area contributed by atoms with Gasteiger partial charge in [-0.15, -0.1) is 6.42 Å². The van der Waals surface area contributed by atoms with Crippen molar-refractivity contribution < 1.29 is 14.4 Å². The number of hydrogen-bond donors (Lipinski definition) is 4. The predicted octanol–water partition coefficient (Wildman–Crippen LogP) is 4.04. The molecule has 7 nitrogen and oxygen atoms in total. The fourth-order valence-electron chi connectivity index (χ4n) is 4.10. The molecule has 1 fully saturated rings. The van der Waals surface area contributed by atoms with Gasteiger partial charge in [0.2, 0.25) is 11.8 Å². The molecule has 3 atom stereocenters.